The quantitative estimate of drug-likeness (QED) is 0.265. The average Bonchev–Trinajstić information content (AvgIpc) is 3.23. The second-order valence-electron chi connectivity index (χ2n) is 9.49. The summed E-state index contributed by atoms with van der Waals surface area (Å²) in [4.78, 5) is 26.6. The lowest BCUT2D eigenvalue weighted by molar-refractivity contribution is 0.00757. The Morgan fingerprint density at radius 1 is 0.972 bits per heavy atom. The van der Waals surface area contributed by atoms with Crippen molar-refractivity contribution in [2.45, 2.75) is 50.7 Å². The lowest BCUT2D eigenvalue weighted by atomic mass is 10.2. The molecule has 10 heteroatoms. The molecule has 196 valence electrons. The lowest BCUT2D eigenvalue weighted by Crippen LogP contribution is -2.42. The third-order valence-corrected chi connectivity index (χ3v) is 6.52. The van der Waals surface area contributed by atoms with Gasteiger partial charge in [0.2, 0.25) is 0 Å². The largest absolute Gasteiger partial charge is 0.460 e. The van der Waals surface area contributed by atoms with Crippen LogP contribution < -0.4 is 0 Å². The number of carbonyl (C=O) groups is 2. The fourth-order valence-electron chi connectivity index (χ4n) is 3.72. The molecule has 0 aliphatic carbocycles. The van der Waals surface area contributed by atoms with Crippen molar-refractivity contribution in [3.8, 4) is 0 Å². The SMILES string of the molecule is CC(C)(C)OC(=O)N1C[C@H](OCCOS(=O)(=O)Cc2ccccc2)C[C@H]1COC(=O)c1ccccc1. The Labute approximate surface area is 212 Å². The molecular weight excluding hydrogens is 486 g/mol. The Morgan fingerprint density at radius 2 is 1.61 bits per heavy atom. The number of nitrogens with zero attached hydrogens (tertiary/aromatic N) is 1. The van der Waals surface area contributed by atoms with Crippen LogP contribution in [-0.2, 0) is 34.3 Å². The number of ether oxygens (including phenoxy) is 3. The van der Waals surface area contributed by atoms with E-state index in [1.165, 1.54) is 4.90 Å². The molecule has 3 rings (SSSR count). The summed E-state index contributed by atoms with van der Waals surface area (Å²) in [6.45, 7) is 5.39. The molecule has 0 aromatic heterocycles. The van der Waals surface area contributed by atoms with Crippen LogP contribution in [0, 0.1) is 0 Å². The first kappa shape index (κ1) is 27.6. The maximum absolute atomic E-state index is 12.8. The average molecular weight is 520 g/mol. The fraction of sp³-hybridized carbons (Fsp3) is 0.462. The number of esters is 1. The van der Waals surface area contributed by atoms with Crippen molar-refractivity contribution < 1.29 is 36.4 Å². The van der Waals surface area contributed by atoms with Crippen molar-refractivity contribution in [3.63, 3.8) is 0 Å². The first-order valence-electron chi connectivity index (χ1n) is 11.8. The van der Waals surface area contributed by atoms with Crippen LogP contribution in [0.15, 0.2) is 60.7 Å². The highest BCUT2D eigenvalue weighted by atomic mass is 32.2. The minimum atomic E-state index is -3.75. The van der Waals surface area contributed by atoms with Crippen LogP contribution in [-0.4, -0.2) is 69.5 Å². The molecule has 0 N–H and O–H groups in total. The van der Waals surface area contributed by atoms with Gasteiger partial charge in [-0.3, -0.25) is 9.08 Å². The van der Waals surface area contributed by atoms with Crippen molar-refractivity contribution in [1.29, 1.82) is 0 Å². The monoisotopic (exact) mass is 519 g/mol. The molecule has 1 aliphatic rings. The second kappa shape index (κ2) is 12.3. The maximum atomic E-state index is 12.8. The number of hydrogen-bond donors (Lipinski definition) is 0. The third kappa shape index (κ3) is 8.92. The summed E-state index contributed by atoms with van der Waals surface area (Å²) in [5, 5.41) is 0. The van der Waals surface area contributed by atoms with E-state index in [1.54, 1.807) is 75.4 Å². The first-order chi connectivity index (χ1) is 17.0. The topological polar surface area (TPSA) is 108 Å². The van der Waals surface area contributed by atoms with Crippen LogP contribution in [0.3, 0.4) is 0 Å². The second-order valence-corrected chi connectivity index (χ2v) is 11.1. The van der Waals surface area contributed by atoms with Gasteiger partial charge in [0.1, 0.15) is 18.0 Å². The highest BCUT2D eigenvalue weighted by Gasteiger charge is 2.39. The van der Waals surface area contributed by atoms with E-state index in [0.29, 0.717) is 17.5 Å². The van der Waals surface area contributed by atoms with E-state index in [0.717, 1.165) is 0 Å². The van der Waals surface area contributed by atoms with Crippen molar-refractivity contribution in [1.82, 2.24) is 4.90 Å². The number of rotatable bonds is 10. The Morgan fingerprint density at radius 3 is 2.25 bits per heavy atom. The molecule has 2 aromatic rings. The van der Waals surface area contributed by atoms with Crippen LogP contribution in [0.2, 0.25) is 0 Å². The maximum Gasteiger partial charge on any atom is 0.410 e. The molecule has 9 nitrogen and oxygen atoms in total. The zero-order chi connectivity index (χ0) is 26.2. The predicted molar refractivity (Wildman–Crippen MR) is 133 cm³/mol. The molecule has 0 spiro atoms. The van der Waals surface area contributed by atoms with Crippen LogP contribution in [0.4, 0.5) is 4.79 Å². The smallest absolute Gasteiger partial charge is 0.410 e. The summed E-state index contributed by atoms with van der Waals surface area (Å²) in [5.74, 6) is -0.709. The molecule has 2 atom stereocenters. The number of likely N-dealkylation sites (tertiary alicyclic amines) is 1. The minimum Gasteiger partial charge on any atom is -0.460 e. The van der Waals surface area contributed by atoms with Crippen molar-refractivity contribution in [3.05, 3.63) is 71.8 Å². The molecule has 0 bridgehead atoms. The highest BCUT2D eigenvalue weighted by molar-refractivity contribution is 7.85. The van der Waals surface area contributed by atoms with Gasteiger partial charge in [-0.1, -0.05) is 48.5 Å². The summed E-state index contributed by atoms with van der Waals surface area (Å²) in [5.41, 5.74) is 0.360. The Kier molecular flexibility index (Phi) is 9.47. The Balaban J connectivity index is 1.52. The zero-order valence-corrected chi connectivity index (χ0v) is 21.6. The van der Waals surface area contributed by atoms with Crippen molar-refractivity contribution >= 4 is 22.2 Å². The van der Waals surface area contributed by atoms with Crippen molar-refractivity contribution in [2.24, 2.45) is 0 Å². The molecule has 1 amide bonds. The first-order valence-corrected chi connectivity index (χ1v) is 13.3. The van der Waals surface area contributed by atoms with E-state index < -0.39 is 39.9 Å². The lowest BCUT2D eigenvalue weighted by Gasteiger charge is -2.28. The van der Waals surface area contributed by atoms with Gasteiger partial charge in [-0.2, -0.15) is 8.42 Å². The molecule has 0 unspecified atom stereocenters. The van der Waals surface area contributed by atoms with Gasteiger partial charge in [0.05, 0.1) is 37.5 Å². The number of amides is 1. The Bertz CT molecular complexity index is 1100. The van der Waals surface area contributed by atoms with Gasteiger partial charge in [0.15, 0.2) is 0 Å². The van der Waals surface area contributed by atoms with E-state index in [1.807, 2.05) is 6.07 Å². The summed E-state index contributed by atoms with van der Waals surface area (Å²) < 4.78 is 46.2. The number of carbonyl (C=O) groups excluding carboxylic acids is 2. The molecule has 1 saturated heterocycles. The molecule has 0 saturated carbocycles. The standard InChI is InChI=1S/C26H33NO8S/c1-26(2,3)35-25(29)27-17-23(16-22(27)18-33-24(28)21-12-8-5-9-13-21)32-14-15-34-36(30,31)19-20-10-6-4-7-11-20/h4-13,22-23H,14-19H2,1-3H3/t22-,23+/m0/s1. The van der Waals surface area contributed by atoms with E-state index >= 15 is 0 Å². The summed E-state index contributed by atoms with van der Waals surface area (Å²) >= 11 is 0. The zero-order valence-electron chi connectivity index (χ0n) is 20.8. The molecule has 36 heavy (non-hydrogen) atoms. The van der Waals surface area contributed by atoms with Gasteiger partial charge >= 0.3 is 12.1 Å². The van der Waals surface area contributed by atoms with E-state index in [4.69, 9.17) is 18.4 Å². The number of hydrogen-bond acceptors (Lipinski definition) is 8. The molecule has 1 fully saturated rings. The van der Waals surface area contributed by atoms with Crippen LogP contribution in [0.5, 0.6) is 0 Å². The van der Waals surface area contributed by atoms with Gasteiger partial charge in [-0.15, -0.1) is 0 Å². The minimum absolute atomic E-state index is 0.0191. The van der Waals surface area contributed by atoms with Gasteiger partial charge in [-0.05, 0) is 44.9 Å². The normalized spacial score (nSPS) is 18.1. The van der Waals surface area contributed by atoms with Gasteiger partial charge < -0.3 is 14.2 Å². The number of benzene rings is 2. The fourth-order valence-corrected chi connectivity index (χ4v) is 4.73. The molecule has 1 aliphatic heterocycles. The summed E-state index contributed by atoms with van der Waals surface area (Å²) in [6, 6.07) is 16.9. The summed E-state index contributed by atoms with van der Waals surface area (Å²) in [6.07, 6.45) is -0.521. The van der Waals surface area contributed by atoms with E-state index in [9.17, 15) is 18.0 Å². The van der Waals surface area contributed by atoms with Crippen LogP contribution >= 0.6 is 0 Å². The van der Waals surface area contributed by atoms with Gasteiger partial charge in [-0.25, -0.2) is 9.59 Å². The predicted octanol–water partition coefficient (Wildman–Crippen LogP) is 3.78. The van der Waals surface area contributed by atoms with E-state index in [-0.39, 0.29) is 32.1 Å². The molecule has 2 aromatic carbocycles. The van der Waals surface area contributed by atoms with Crippen molar-refractivity contribution in [2.75, 3.05) is 26.4 Å². The molecular formula is C26H33NO8S. The summed E-state index contributed by atoms with van der Waals surface area (Å²) in [7, 11) is -3.75. The van der Waals surface area contributed by atoms with E-state index in [2.05, 4.69) is 0 Å². The van der Waals surface area contributed by atoms with Gasteiger partial charge in [0, 0.05) is 0 Å². The van der Waals surface area contributed by atoms with Gasteiger partial charge in [0.25, 0.3) is 10.1 Å². The van der Waals surface area contributed by atoms with Crippen LogP contribution in [0.1, 0.15) is 43.1 Å². The highest BCUT2D eigenvalue weighted by Crippen LogP contribution is 2.24. The molecule has 1 heterocycles. The Hall–Kier alpha value is -2.95. The third-order valence-electron chi connectivity index (χ3n) is 5.31. The van der Waals surface area contributed by atoms with Crippen LogP contribution in [0.25, 0.3) is 0 Å². The molecule has 0 radical (unpaired) electrons.